The first-order valence-corrected chi connectivity index (χ1v) is 4.27. The molecule has 1 rings (SSSR count). The number of hydrogen-bond acceptors (Lipinski definition) is 5. The Morgan fingerprint density at radius 3 is 2.77 bits per heavy atom. The molecule has 0 aromatic carbocycles. The summed E-state index contributed by atoms with van der Waals surface area (Å²) in [6, 6.07) is -0.877. The van der Waals surface area contributed by atoms with Crippen LogP contribution in [0.2, 0.25) is 0 Å². The summed E-state index contributed by atoms with van der Waals surface area (Å²) < 4.78 is 17.5. The average Bonchev–Trinajstić information content (AvgIpc) is 2.17. The molecule has 4 atom stereocenters. The van der Waals surface area contributed by atoms with Crippen LogP contribution in [-0.2, 0) is 9.57 Å². The van der Waals surface area contributed by atoms with Crippen molar-refractivity contribution in [3.63, 3.8) is 0 Å². The number of hydrogen-bond donors (Lipinski definition) is 3. The van der Waals surface area contributed by atoms with Gasteiger partial charge in [-0.2, -0.15) is 0 Å². The van der Waals surface area contributed by atoms with Crippen LogP contribution in [0.5, 0.6) is 0 Å². The van der Waals surface area contributed by atoms with E-state index in [0.717, 1.165) is 0 Å². The molecule has 6 heteroatoms. The molecule has 1 aliphatic rings. The molecule has 0 aromatic rings. The molecule has 0 amide bonds. The van der Waals surface area contributed by atoms with Gasteiger partial charge in [0.05, 0.1) is 18.2 Å². The lowest BCUT2D eigenvalue weighted by Crippen LogP contribution is -2.52. The van der Waals surface area contributed by atoms with Gasteiger partial charge in [-0.15, -0.1) is 0 Å². The smallest absolute Gasteiger partial charge is 0.192 e. The SMILES string of the molecule is NO[C@H]1OC(C(N)CF)CCC1N. The van der Waals surface area contributed by atoms with E-state index < -0.39 is 19.0 Å². The normalized spacial score (nSPS) is 37.4. The van der Waals surface area contributed by atoms with Gasteiger partial charge < -0.3 is 16.2 Å². The molecule has 3 unspecified atom stereocenters. The maximum Gasteiger partial charge on any atom is 0.192 e. The third kappa shape index (κ3) is 2.58. The fourth-order valence-electron chi connectivity index (χ4n) is 1.38. The van der Waals surface area contributed by atoms with Gasteiger partial charge in [-0.1, -0.05) is 0 Å². The predicted molar refractivity (Wildman–Crippen MR) is 45.1 cm³/mol. The van der Waals surface area contributed by atoms with Gasteiger partial charge in [-0.05, 0) is 12.8 Å². The highest BCUT2D eigenvalue weighted by atomic mass is 19.1. The first-order chi connectivity index (χ1) is 6.19. The van der Waals surface area contributed by atoms with Gasteiger partial charge in [0.25, 0.3) is 0 Å². The molecule has 13 heavy (non-hydrogen) atoms. The molecule has 5 nitrogen and oxygen atoms in total. The van der Waals surface area contributed by atoms with Crippen molar-refractivity contribution in [2.45, 2.75) is 37.3 Å². The molecule has 0 spiro atoms. The molecule has 0 aromatic heterocycles. The molecule has 0 radical (unpaired) electrons. The summed E-state index contributed by atoms with van der Waals surface area (Å²) in [5.41, 5.74) is 11.1. The van der Waals surface area contributed by atoms with Crippen molar-refractivity contribution in [3.05, 3.63) is 0 Å². The van der Waals surface area contributed by atoms with E-state index in [1.165, 1.54) is 0 Å². The van der Waals surface area contributed by atoms with E-state index in [9.17, 15) is 4.39 Å². The Morgan fingerprint density at radius 2 is 2.23 bits per heavy atom. The third-order valence-corrected chi connectivity index (χ3v) is 2.23. The van der Waals surface area contributed by atoms with Crippen LogP contribution in [0.3, 0.4) is 0 Å². The summed E-state index contributed by atoms with van der Waals surface area (Å²) in [5, 5.41) is 0. The van der Waals surface area contributed by atoms with Crippen molar-refractivity contribution >= 4 is 0 Å². The van der Waals surface area contributed by atoms with Gasteiger partial charge in [0.15, 0.2) is 6.29 Å². The van der Waals surface area contributed by atoms with Crippen molar-refractivity contribution in [1.82, 2.24) is 0 Å². The van der Waals surface area contributed by atoms with E-state index in [1.54, 1.807) is 0 Å². The first kappa shape index (κ1) is 10.8. The quantitative estimate of drug-likeness (QED) is 0.500. The lowest BCUT2D eigenvalue weighted by atomic mass is 10.00. The van der Waals surface area contributed by atoms with E-state index in [1.807, 2.05) is 0 Å². The van der Waals surface area contributed by atoms with Crippen LogP contribution in [-0.4, -0.2) is 31.2 Å². The number of nitrogens with two attached hydrogens (primary N) is 3. The topological polar surface area (TPSA) is 96.5 Å². The second-order valence-electron chi connectivity index (χ2n) is 3.24. The van der Waals surface area contributed by atoms with E-state index in [0.29, 0.717) is 12.8 Å². The molecule has 1 heterocycles. The molecule has 0 saturated carbocycles. The summed E-state index contributed by atoms with van der Waals surface area (Å²) in [4.78, 5) is 4.50. The highest BCUT2D eigenvalue weighted by molar-refractivity contribution is 4.82. The first-order valence-electron chi connectivity index (χ1n) is 4.27. The van der Waals surface area contributed by atoms with Gasteiger partial charge in [-0.3, -0.25) is 4.84 Å². The van der Waals surface area contributed by atoms with Gasteiger partial charge in [-0.25, -0.2) is 10.3 Å². The lowest BCUT2D eigenvalue weighted by molar-refractivity contribution is -0.209. The van der Waals surface area contributed by atoms with E-state index in [2.05, 4.69) is 4.84 Å². The zero-order valence-corrected chi connectivity index (χ0v) is 7.36. The van der Waals surface area contributed by atoms with E-state index in [4.69, 9.17) is 22.1 Å². The standard InChI is InChI=1S/C7H16FN3O2/c8-3-5(10)6-2-1-4(9)7(12-6)13-11/h4-7H,1-3,9-11H2/t4?,5?,6?,7-/m1/s1. The Morgan fingerprint density at radius 1 is 1.54 bits per heavy atom. The zero-order chi connectivity index (χ0) is 9.84. The van der Waals surface area contributed by atoms with Gasteiger partial charge in [0.2, 0.25) is 0 Å². The molecular formula is C7H16FN3O2. The highest BCUT2D eigenvalue weighted by Gasteiger charge is 2.32. The molecule has 6 N–H and O–H groups in total. The van der Waals surface area contributed by atoms with Crippen LogP contribution in [0.15, 0.2) is 0 Å². The van der Waals surface area contributed by atoms with Gasteiger partial charge in [0, 0.05) is 0 Å². The Labute approximate surface area is 76.3 Å². The Bertz CT molecular complexity index is 161. The van der Waals surface area contributed by atoms with Crippen LogP contribution in [0.1, 0.15) is 12.8 Å². The van der Waals surface area contributed by atoms with Crippen LogP contribution in [0.25, 0.3) is 0 Å². The maximum atomic E-state index is 12.2. The number of halogens is 1. The summed E-state index contributed by atoms with van der Waals surface area (Å²) in [7, 11) is 0. The van der Waals surface area contributed by atoms with Crippen LogP contribution in [0, 0.1) is 0 Å². The highest BCUT2D eigenvalue weighted by Crippen LogP contribution is 2.20. The molecule has 0 aliphatic carbocycles. The average molecular weight is 193 g/mol. The second kappa shape index (κ2) is 4.83. The Kier molecular flexibility index (Phi) is 4.01. The molecular weight excluding hydrogens is 177 g/mol. The zero-order valence-electron chi connectivity index (χ0n) is 7.36. The fraction of sp³-hybridized carbons (Fsp3) is 1.00. The van der Waals surface area contributed by atoms with Crippen LogP contribution < -0.4 is 17.4 Å². The summed E-state index contributed by atoms with van der Waals surface area (Å²) in [5.74, 6) is 4.96. The largest absolute Gasteiger partial charge is 0.344 e. The minimum Gasteiger partial charge on any atom is -0.344 e. The summed E-state index contributed by atoms with van der Waals surface area (Å²) in [6.45, 7) is -0.614. The fourth-order valence-corrected chi connectivity index (χ4v) is 1.38. The summed E-state index contributed by atoms with van der Waals surface area (Å²) in [6.07, 6.45) is 0.307. The molecule has 1 aliphatic heterocycles. The van der Waals surface area contributed by atoms with E-state index >= 15 is 0 Å². The van der Waals surface area contributed by atoms with Gasteiger partial charge >= 0.3 is 0 Å². The third-order valence-electron chi connectivity index (χ3n) is 2.23. The minimum atomic E-state index is -0.670. The Balaban J connectivity index is 2.44. The van der Waals surface area contributed by atoms with Crippen LogP contribution >= 0.6 is 0 Å². The molecule has 1 saturated heterocycles. The number of rotatable bonds is 3. The lowest BCUT2D eigenvalue weighted by Gasteiger charge is -2.34. The van der Waals surface area contributed by atoms with Gasteiger partial charge in [0.1, 0.15) is 6.67 Å². The second-order valence-corrected chi connectivity index (χ2v) is 3.24. The maximum absolute atomic E-state index is 12.2. The van der Waals surface area contributed by atoms with E-state index in [-0.39, 0.29) is 12.1 Å². The van der Waals surface area contributed by atoms with Crippen LogP contribution in [0.4, 0.5) is 4.39 Å². The molecule has 1 fully saturated rings. The molecule has 0 bridgehead atoms. The molecule has 78 valence electrons. The van der Waals surface area contributed by atoms with Crippen molar-refractivity contribution in [3.8, 4) is 0 Å². The number of ether oxygens (including phenoxy) is 1. The van der Waals surface area contributed by atoms with Crippen molar-refractivity contribution in [2.24, 2.45) is 17.4 Å². The number of alkyl halides is 1. The monoisotopic (exact) mass is 193 g/mol. The minimum absolute atomic E-state index is 0.256. The predicted octanol–water partition coefficient (Wildman–Crippen LogP) is -0.994. The van der Waals surface area contributed by atoms with Crippen molar-refractivity contribution in [2.75, 3.05) is 6.67 Å². The van der Waals surface area contributed by atoms with Crippen molar-refractivity contribution in [1.29, 1.82) is 0 Å². The Hall–Kier alpha value is -0.270. The van der Waals surface area contributed by atoms with Crippen molar-refractivity contribution < 1.29 is 14.0 Å². The summed E-state index contributed by atoms with van der Waals surface area (Å²) >= 11 is 0.